The van der Waals surface area contributed by atoms with E-state index in [0.29, 0.717) is 30.2 Å². The average molecular weight is 501 g/mol. The van der Waals surface area contributed by atoms with Crippen LogP contribution in [-0.2, 0) is 6.54 Å². The number of aromatic nitrogens is 3. The Kier molecular flexibility index (Phi) is 6.82. The van der Waals surface area contributed by atoms with E-state index in [1.54, 1.807) is 6.07 Å². The third-order valence-corrected chi connectivity index (χ3v) is 5.73. The van der Waals surface area contributed by atoms with E-state index in [4.69, 9.17) is 0 Å². The van der Waals surface area contributed by atoms with Gasteiger partial charge in [-0.2, -0.15) is 13.2 Å². The Balaban J connectivity index is 1.52. The summed E-state index contributed by atoms with van der Waals surface area (Å²) in [4.78, 5) is 19.8. The molecule has 4 aromatic rings. The van der Waals surface area contributed by atoms with Gasteiger partial charge >= 0.3 is 12.1 Å². The number of carbonyl (C=O) groups is 1. The van der Waals surface area contributed by atoms with Gasteiger partial charge in [0.15, 0.2) is 0 Å². The highest BCUT2D eigenvalue weighted by atomic mass is 19.4. The largest absolute Gasteiger partial charge is 0.478 e. The molecule has 0 amide bonds. The lowest BCUT2D eigenvalue weighted by Crippen LogP contribution is -2.22. The Hall–Kier alpha value is -4.15. The second-order valence-electron chi connectivity index (χ2n) is 8.34. The van der Waals surface area contributed by atoms with Crippen LogP contribution in [0.2, 0.25) is 0 Å². The lowest BCUT2D eigenvalue weighted by atomic mass is 10.1. The molecule has 0 bridgehead atoms. The molecule has 188 valence electrons. The van der Waals surface area contributed by atoms with E-state index in [-0.39, 0.29) is 17.1 Å². The third-order valence-electron chi connectivity index (χ3n) is 5.73. The molecule has 3 N–H and O–H groups in total. The van der Waals surface area contributed by atoms with E-state index in [9.17, 15) is 27.5 Å². The Morgan fingerprint density at radius 2 is 1.83 bits per heavy atom. The second kappa shape index (κ2) is 9.84. The quantitative estimate of drug-likeness (QED) is 0.271. The fourth-order valence-corrected chi connectivity index (χ4v) is 4.06. The van der Waals surface area contributed by atoms with E-state index < -0.39 is 18.7 Å². The second-order valence-corrected chi connectivity index (χ2v) is 8.34. The van der Waals surface area contributed by atoms with Crippen LogP contribution in [0.15, 0.2) is 48.8 Å². The summed E-state index contributed by atoms with van der Waals surface area (Å²) < 4.78 is 53.9. The van der Waals surface area contributed by atoms with E-state index in [0.717, 1.165) is 22.2 Å². The van der Waals surface area contributed by atoms with Gasteiger partial charge in [0.25, 0.3) is 0 Å². The van der Waals surface area contributed by atoms with Crippen LogP contribution in [0.5, 0.6) is 0 Å². The molecule has 0 aliphatic carbocycles. The Labute approximate surface area is 203 Å². The molecule has 4 rings (SSSR count). The molecule has 0 saturated heterocycles. The van der Waals surface area contributed by atoms with Gasteiger partial charge in [-0.3, -0.25) is 0 Å². The first-order valence-electron chi connectivity index (χ1n) is 11.0. The summed E-state index contributed by atoms with van der Waals surface area (Å²) >= 11 is 0. The molecule has 0 saturated carbocycles. The molecule has 0 unspecified atom stereocenters. The van der Waals surface area contributed by atoms with E-state index in [1.807, 2.05) is 24.5 Å². The van der Waals surface area contributed by atoms with Crippen molar-refractivity contribution in [3.05, 3.63) is 71.4 Å². The Bertz CT molecular complexity index is 1430. The van der Waals surface area contributed by atoms with Crippen molar-refractivity contribution in [2.45, 2.75) is 26.6 Å². The van der Waals surface area contributed by atoms with Crippen LogP contribution in [0.25, 0.3) is 22.2 Å². The number of fused-ring (bicyclic) bond motifs is 1. The van der Waals surface area contributed by atoms with Crippen LogP contribution < -0.4 is 10.6 Å². The summed E-state index contributed by atoms with van der Waals surface area (Å²) in [6.07, 6.45) is -3.20. The van der Waals surface area contributed by atoms with Gasteiger partial charge in [0, 0.05) is 41.5 Å². The van der Waals surface area contributed by atoms with Gasteiger partial charge < -0.3 is 20.3 Å². The van der Waals surface area contributed by atoms with Crippen LogP contribution in [-0.4, -0.2) is 44.9 Å². The normalized spacial score (nSPS) is 11.6. The highest BCUT2D eigenvalue weighted by molar-refractivity contribution is 5.95. The van der Waals surface area contributed by atoms with Crippen LogP contribution in [0.3, 0.4) is 0 Å². The van der Waals surface area contributed by atoms with Gasteiger partial charge in [-0.05, 0) is 49.7 Å². The van der Waals surface area contributed by atoms with Gasteiger partial charge in [-0.25, -0.2) is 19.2 Å². The van der Waals surface area contributed by atoms with Crippen molar-refractivity contribution in [2.75, 3.05) is 23.7 Å². The first-order chi connectivity index (χ1) is 17.0. The highest BCUT2D eigenvalue weighted by Gasteiger charge is 2.27. The van der Waals surface area contributed by atoms with Gasteiger partial charge in [0.1, 0.15) is 24.5 Å². The molecule has 0 aliphatic rings. The number of halogens is 4. The van der Waals surface area contributed by atoms with Crippen molar-refractivity contribution in [3.63, 3.8) is 0 Å². The van der Waals surface area contributed by atoms with Gasteiger partial charge in [-0.1, -0.05) is 6.07 Å². The summed E-state index contributed by atoms with van der Waals surface area (Å²) in [5, 5.41) is 15.6. The van der Waals surface area contributed by atoms with Crippen LogP contribution in [0, 0.1) is 19.7 Å². The number of carboxylic acid groups (broad SMARTS) is 1. The summed E-state index contributed by atoms with van der Waals surface area (Å²) in [5.74, 6) is -1.17. The summed E-state index contributed by atoms with van der Waals surface area (Å²) in [7, 11) is 0. The van der Waals surface area contributed by atoms with Crippen molar-refractivity contribution in [1.82, 2.24) is 14.5 Å². The molecular formula is C25H23F4N5O2. The van der Waals surface area contributed by atoms with Gasteiger partial charge in [-0.15, -0.1) is 0 Å². The number of hydrogen-bond acceptors (Lipinski definition) is 5. The number of rotatable bonds is 8. The minimum Gasteiger partial charge on any atom is -0.478 e. The number of aryl methyl sites for hydroxylation is 2. The summed E-state index contributed by atoms with van der Waals surface area (Å²) in [6.45, 7) is 3.45. The maximum atomic E-state index is 13.9. The summed E-state index contributed by atoms with van der Waals surface area (Å²) in [6, 6.07) is 10.6. The molecule has 0 atom stereocenters. The third kappa shape index (κ3) is 5.56. The zero-order valence-electron chi connectivity index (χ0n) is 19.4. The van der Waals surface area contributed by atoms with Crippen molar-refractivity contribution in [1.29, 1.82) is 0 Å². The standard InChI is InChI=1S/C25H23F4N5O2/c1-14-7-17(26)10-22-19(14)8-15(2)34(22)6-5-30-23-11-20(32-13-33-23)16-3-4-18(24(35)36)21(9-16)31-12-25(27,28)29/h3-4,7-11,13,31H,5-6,12H2,1-2H3,(H,35,36)(H,30,32,33). The van der Waals surface area contributed by atoms with Crippen LogP contribution in [0.1, 0.15) is 21.6 Å². The van der Waals surface area contributed by atoms with Gasteiger partial charge in [0.05, 0.1) is 16.8 Å². The lowest BCUT2D eigenvalue weighted by molar-refractivity contribution is -0.115. The fraction of sp³-hybridized carbons (Fsp3) is 0.240. The maximum Gasteiger partial charge on any atom is 0.405 e. The molecule has 2 heterocycles. The first-order valence-corrected chi connectivity index (χ1v) is 11.0. The number of nitrogens with zero attached hydrogens (tertiary/aromatic N) is 3. The van der Waals surface area contributed by atoms with Gasteiger partial charge in [0.2, 0.25) is 0 Å². The smallest absolute Gasteiger partial charge is 0.405 e. The van der Waals surface area contributed by atoms with Crippen molar-refractivity contribution in [2.24, 2.45) is 0 Å². The molecular weight excluding hydrogens is 478 g/mol. The molecule has 36 heavy (non-hydrogen) atoms. The number of alkyl halides is 3. The van der Waals surface area contributed by atoms with E-state index in [2.05, 4.69) is 20.6 Å². The lowest BCUT2D eigenvalue weighted by Gasteiger charge is -2.14. The SMILES string of the molecule is Cc1cc(F)cc2c1cc(C)n2CCNc1cc(-c2ccc(C(=O)O)c(NCC(F)(F)F)c2)ncn1. The molecule has 7 nitrogen and oxygen atoms in total. The zero-order valence-corrected chi connectivity index (χ0v) is 19.4. The minimum atomic E-state index is -4.51. The number of carboxylic acids is 1. The van der Waals surface area contributed by atoms with Crippen LogP contribution in [0.4, 0.5) is 29.1 Å². The number of nitrogens with one attached hydrogen (secondary N) is 2. The molecule has 0 spiro atoms. The fourth-order valence-electron chi connectivity index (χ4n) is 4.06. The highest BCUT2D eigenvalue weighted by Crippen LogP contribution is 2.28. The predicted molar refractivity (Wildman–Crippen MR) is 129 cm³/mol. The molecule has 11 heteroatoms. The molecule has 2 aromatic heterocycles. The number of hydrogen-bond donors (Lipinski definition) is 3. The Morgan fingerprint density at radius 1 is 1.06 bits per heavy atom. The van der Waals surface area contributed by atoms with E-state index in [1.165, 1.54) is 36.7 Å². The molecule has 0 fully saturated rings. The zero-order chi connectivity index (χ0) is 26.0. The Morgan fingerprint density at radius 3 is 2.56 bits per heavy atom. The first kappa shape index (κ1) is 25.0. The minimum absolute atomic E-state index is 0.164. The van der Waals surface area contributed by atoms with E-state index >= 15 is 0 Å². The number of aromatic carboxylic acids is 1. The average Bonchev–Trinajstić information content (AvgIpc) is 3.12. The maximum absolute atomic E-state index is 13.9. The predicted octanol–water partition coefficient (Wildman–Crippen LogP) is 5.64. The molecule has 0 aliphatic heterocycles. The van der Waals surface area contributed by atoms with Crippen molar-refractivity contribution < 1.29 is 27.5 Å². The summed E-state index contributed by atoms with van der Waals surface area (Å²) in [5.41, 5.74) is 3.03. The number of benzene rings is 2. The van der Waals surface area contributed by atoms with Crippen molar-refractivity contribution in [3.8, 4) is 11.3 Å². The number of anilines is 2. The van der Waals surface area contributed by atoms with Crippen molar-refractivity contribution >= 4 is 28.4 Å². The molecule has 2 aromatic carbocycles. The molecule has 0 radical (unpaired) electrons. The topological polar surface area (TPSA) is 92.1 Å². The monoisotopic (exact) mass is 501 g/mol. The van der Waals surface area contributed by atoms with Crippen LogP contribution >= 0.6 is 0 Å².